The van der Waals surface area contributed by atoms with E-state index < -0.39 is 11.7 Å². The van der Waals surface area contributed by atoms with Gasteiger partial charge < -0.3 is 5.73 Å². The van der Waals surface area contributed by atoms with E-state index in [1.54, 1.807) is 0 Å². The molecule has 0 amide bonds. The minimum absolute atomic E-state index is 0.444. The Morgan fingerprint density at radius 3 is 2.67 bits per heavy atom. The first-order valence-corrected chi connectivity index (χ1v) is 7.58. The SMILES string of the molecule is Cc1ccc(C(F)(F)F)cc1Cc1sc(N)nc1C1CC1. The van der Waals surface area contributed by atoms with Gasteiger partial charge in [-0.25, -0.2) is 4.98 Å². The van der Waals surface area contributed by atoms with Crippen molar-refractivity contribution in [2.24, 2.45) is 0 Å². The van der Waals surface area contributed by atoms with Crippen molar-refractivity contribution in [2.45, 2.75) is 38.3 Å². The molecule has 1 saturated carbocycles. The number of nitrogen functional groups attached to an aromatic ring is 1. The third-order valence-corrected chi connectivity index (χ3v) is 4.64. The number of nitrogens with zero attached hydrogens (tertiary/aromatic N) is 1. The average molecular weight is 312 g/mol. The smallest absolute Gasteiger partial charge is 0.375 e. The fourth-order valence-corrected chi connectivity index (χ4v) is 3.34. The zero-order chi connectivity index (χ0) is 15.2. The Bertz CT molecular complexity index is 672. The van der Waals surface area contributed by atoms with Crippen LogP contribution in [0.4, 0.5) is 18.3 Å². The fourth-order valence-electron chi connectivity index (χ4n) is 2.40. The van der Waals surface area contributed by atoms with Crippen LogP contribution in [-0.2, 0) is 12.6 Å². The number of nitrogens with two attached hydrogens (primary N) is 1. The molecule has 1 aliphatic carbocycles. The number of benzene rings is 1. The van der Waals surface area contributed by atoms with Crippen molar-refractivity contribution >= 4 is 16.5 Å². The lowest BCUT2D eigenvalue weighted by Crippen LogP contribution is -2.06. The number of rotatable bonds is 3. The highest BCUT2D eigenvalue weighted by Crippen LogP contribution is 2.44. The summed E-state index contributed by atoms with van der Waals surface area (Å²) in [6.07, 6.45) is -1.65. The van der Waals surface area contributed by atoms with Crippen LogP contribution in [0.3, 0.4) is 0 Å². The molecule has 0 atom stereocenters. The Labute approximate surface area is 124 Å². The van der Waals surface area contributed by atoms with E-state index in [0.29, 0.717) is 23.0 Å². The Morgan fingerprint density at radius 1 is 1.33 bits per heavy atom. The highest BCUT2D eigenvalue weighted by Gasteiger charge is 2.32. The van der Waals surface area contributed by atoms with Crippen LogP contribution in [0.25, 0.3) is 0 Å². The minimum atomic E-state index is -4.31. The summed E-state index contributed by atoms with van der Waals surface area (Å²) in [6.45, 7) is 1.83. The molecule has 6 heteroatoms. The summed E-state index contributed by atoms with van der Waals surface area (Å²) in [4.78, 5) is 5.34. The molecule has 1 aromatic heterocycles. The lowest BCUT2D eigenvalue weighted by atomic mass is 10.0. The molecule has 112 valence electrons. The molecule has 1 aliphatic rings. The molecule has 1 fully saturated rings. The van der Waals surface area contributed by atoms with Crippen molar-refractivity contribution in [3.63, 3.8) is 0 Å². The maximum absolute atomic E-state index is 12.8. The summed E-state index contributed by atoms with van der Waals surface area (Å²) in [5.74, 6) is 0.444. The topological polar surface area (TPSA) is 38.9 Å². The predicted molar refractivity (Wildman–Crippen MR) is 77.5 cm³/mol. The fraction of sp³-hybridized carbons (Fsp3) is 0.400. The van der Waals surface area contributed by atoms with Crippen LogP contribution in [0.15, 0.2) is 18.2 Å². The molecule has 0 unspecified atom stereocenters. The summed E-state index contributed by atoms with van der Waals surface area (Å²) in [5.41, 5.74) is 7.69. The lowest BCUT2D eigenvalue weighted by Gasteiger charge is -2.11. The largest absolute Gasteiger partial charge is 0.416 e. The molecule has 21 heavy (non-hydrogen) atoms. The van der Waals surface area contributed by atoms with Gasteiger partial charge in [0.1, 0.15) is 0 Å². The number of thiazole rings is 1. The first kappa shape index (κ1) is 14.4. The number of halogens is 3. The van der Waals surface area contributed by atoms with Gasteiger partial charge in [0.05, 0.1) is 11.3 Å². The van der Waals surface area contributed by atoms with Crippen LogP contribution in [0.2, 0.25) is 0 Å². The molecule has 0 spiro atoms. The summed E-state index contributed by atoms with van der Waals surface area (Å²) < 4.78 is 38.5. The second kappa shape index (κ2) is 5.02. The molecule has 2 N–H and O–H groups in total. The van der Waals surface area contributed by atoms with Crippen LogP contribution < -0.4 is 5.73 Å². The Kier molecular flexibility index (Phi) is 3.43. The minimum Gasteiger partial charge on any atom is -0.375 e. The van der Waals surface area contributed by atoms with Gasteiger partial charge in [-0.05, 0) is 43.0 Å². The van der Waals surface area contributed by atoms with Crippen molar-refractivity contribution in [2.75, 3.05) is 5.73 Å². The van der Waals surface area contributed by atoms with Gasteiger partial charge in [-0.3, -0.25) is 0 Å². The zero-order valence-electron chi connectivity index (χ0n) is 11.5. The van der Waals surface area contributed by atoms with Gasteiger partial charge in [0.25, 0.3) is 0 Å². The van der Waals surface area contributed by atoms with Crippen molar-refractivity contribution in [3.05, 3.63) is 45.5 Å². The normalized spacial score (nSPS) is 15.4. The Hall–Kier alpha value is -1.56. The van der Waals surface area contributed by atoms with Gasteiger partial charge in [0.2, 0.25) is 0 Å². The maximum Gasteiger partial charge on any atom is 0.416 e. The van der Waals surface area contributed by atoms with Gasteiger partial charge in [0, 0.05) is 17.2 Å². The first-order chi connectivity index (χ1) is 9.84. The summed E-state index contributed by atoms with van der Waals surface area (Å²) >= 11 is 1.38. The lowest BCUT2D eigenvalue weighted by molar-refractivity contribution is -0.137. The third-order valence-electron chi connectivity index (χ3n) is 3.74. The van der Waals surface area contributed by atoms with Crippen molar-refractivity contribution in [3.8, 4) is 0 Å². The maximum atomic E-state index is 12.8. The van der Waals surface area contributed by atoms with Crippen LogP contribution >= 0.6 is 11.3 Å². The molecule has 0 radical (unpaired) electrons. The number of aromatic nitrogens is 1. The van der Waals surface area contributed by atoms with E-state index in [0.717, 1.165) is 35.0 Å². The molecule has 2 nitrogen and oxygen atoms in total. The zero-order valence-corrected chi connectivity index (χ0v) is 12.3. The van der Waals surface area contributed by atoms with E-state index in [1.165, 1.54) is 23.5 Å². The van der Waals surface area contributed by atoms with Gasteiger partial charge in [-0.2, -0.15) is 13.2 Å². The Morgan fingerprint density at radius 2 is 2.05 bits per heavy atom. The van der Waals surface area contributed by atoms with E-state index in [4.69, 9.17) is 5.73 Å². The summed E-state index contributed by atoms with van der Waals surface area (Å²) in [5, 5.41) is 0.497. The third kappa shape index (κ3) is 3.05. The van der Waals surface area contributed by atoms with Crippen LogP contribution in [0, 0.1) is 6.92 Å². The standard InChI is InChI=1S/C15H15F3N2S/c1-8-2-5-11(15(16,17)18)6-10(8)7-12-13(9-3-4-9)20-14(19)21-12/h2,5-6,9H,3-4,7H2,1H3,(H2,19,20). The molecule has 2 aromatic rings. The number of anilines is 1. The van der Waals surface area contributed by atoms with Crippen LogP contribution in [0.5, 0.6) is 0 Å². The second-order valence-corrected chi connectivity index (χ2v) is 6.57. The first-order valence-electron chi connectivity index (χ1n) is 6.76. The predicted octanol–water partition coefficient (Wildman–Crippen LogP) is 4.52. The van der Waals surface area contributed by atoms with E-state index in [1.807, 2.05) is 6.92 Å². The molecule has 0 bridgehead atoms. The van der Waals surface area contributed by atoms with Crippen molar-refractivity contribution in [1.82, 2.24) is 4.98 Å². The molecule has 0 aliphatic heterocycles. The average Bonchev–Trinajstić information content (AvgIpc) is 3.15. The van der Waals surface area contributed by atoms with Crippen LogP contribution in [0.1, 0.15) is 46.0 Å². The molecule has 1 heterocycles. The number of alkyl halides is 3. The highest BCUT2D eigenvalue weighted by atomic mass is 32.1. The van der Waals surface area contributed by atoms with Crippen molar-refractivity contribution in [1.29, 1.82) is 0 Å². The highest BCUT2D eigenvalue weighted by molar-refractivity contribution is 7.15. The molecule has 0 saturated heterocycles. The molecule has 1 aromatic carbocycles. The van der Waals surface area contributed by atoms with E-state index in [-0.39, 0.29) is 0 Å². The van der Waals surface area contributed by atoms with Gasteiger partial charge in [-0.15, -0.1) is 11.3 Å². The summed E-state index contributed by atoms with van der Waals surface area (Å²) in [7, 11) is 0. The molecule has 3 rings (SSSR count). The second-order valence-electron chi connectivity index (χ2n) is 5.45. The monoisotopic (exact) mass is 312 g/mol. The van der Waals surface area contributed by atoms with Gasteiger partial charge >= 0.3 is 6.18 Å². The van der Waals surface area contributed by atoms with Crippen molar-refractivity contribution < 1.29 is 13.2 Å². The Balaban J connectivity index is 1.94. The molecular formula is C15H15F3N2S. The molecular weight excluding hydrogens is 297 g/mol. The number of hydrogen-bond donors (Lipinski definition) is 1. The van der Waals surface area contributed by atoms with Gasteiger partial charge in [0.15, 0.2) is 5.13 Å². The number of hydrogen-bond acceptors (Lipinski definition) is 3. The summed E-state index contributed by atoms with van der Waals surface area (Å²) in [6, 6.07) is 3.89. The van der Waals surface area contributed by atoms with Gasteiger partial charge in [-0.1, -0.05) is 6.07 Å². The van der Waals surface area contributed by atoms with E-state index in [2.05, 4.69) is 4.98 Å². The van der Waals surface area contributed by atoms with E-state index >= 15 is 0 Å². The number of aryl methyl sites for hydroxylation is 1. The van der Waals surface area contributed by atoms with E-state index in [9.17, 15) is 13.2 Å². The quantitative estimate of drug-likeness (QED) is 0.905. The van der Waals surface area contributed by atoms with Crippen LogP contribution in [-0.4, -0.2) is 4.98 Å².